The van der Waals surface area contributed by atoms with E-state index in [0.717, 1.165) is 77.0 Å². The summed E-state index contributed by atoms with van der Waals surface area (Å²) in [5, 5.41) is 8.98. The highest BCUT2D eigenvalue weighted by atomic mass is 127. The van der Waals surface area contributed by atoms with Crippen LogP contribution in [0.25, 0.3) is 0 Å². The molecule has 0 spiro atoms. The molecule has 150 valence electrons. The smallest absolute Gasteiger partial charge is 0.191 e. The van der Waals surface area contributed by atoms with Gasteiger partial charge in [0, 0.05) is 44.0 Å². The summed E-state index contributed by atoms with van der Waals surface area (Å²) in [6.07, 6.45) is 3.58. The third kappa shape index (κ3) is 8.63. The lowest BCUT2D eigenvalue weighted by Crippen LogP contribution is -2.41. The Morgan fingerprint density at radius 1 is 1.11 bits per heavy atom. The van der Waals surface area contributed by atoms with Crippen LogP contribution in [0.15, 0.2) is 45.3 Å². The van der Waals surface area contributed by atoms with Crippen LogP contribution in [0, 0.1) is 0 Å². The molecule has 2 N–H and O–H groups in total. The van der Waals surface area contributed by atoms with Crippen LogP contribution in [0.4, 0.5) is 0 Å². The Kier molecular flexibility index (Phi) is 10.8. The van der Waals surface area contributed by atoms with E-state index in [1.807, 2.05) is 12.1 Å². The molecule has 27 heavy (non-hydrogen) atoms. The minimum atomic E-state index is 0. The number of rotatable bonds is 9. The highest BCUT2D eigenvalue weighted by molar-refractivity contribution is 14.0. The van der Waals surface area contributed by atoms with Gasteiger partial charge in [-0.15, -0.1) is 35.3 Å². The number of hydrogen-bond donors (Lipinski definition) is 2. The van der Waals surface area contributed by atoms with Crippen molar-refractivity contribution >= 4 is 41.3 Å². The monoisotopic (exact) mass is 504 g/mol. The third-order valence-corrected chi connectivity index (χ3v) is 5.21. The predicted molar refractivity (Wildman–Crippen MR) is 121 cm³/mol. The van der Waals surface area contributed by atoms with Crippen molar-refractivity contribution in [3.05, 3.63) is 46.5 Å². The minimum absolute atomic E-state index is 0. The lowest BCUT2D eigenvalue weighted by molar-refractivity contribution is 0.0394. The van der Waals surface area contributed by atoms with E-state index in [1.54, 1.807) is 17.6 Å². The molecular weight excluding hydrogens is 475 g/mol. The van der Waals surface area contributed by atoms with Gasteiger partial charge in [0.25, 0.3) is 0 Å². The van der Waals surface area contributed by atoms with E-state index < -0.39 is 0 Å². The van der Waals surface area contributed by atoms with Crippen molar-refractivity contribution in [2.24, 2.45) is 4.99 Å². The summed E-state index contributed by atoms with van der Waals surface area (Å²) in [4.78, 5) is 8.53. The first kappa shape index (κ1) is 22.2. The summed E-state index contributed by atoms with van der Waals surface area (Å²) < 4.78 is 10.8. The largest absolute Gasteiger partial charge is 0.469 e. The van der Waals surface area contributed by atoms with Crippen molar-refractivity contribution in [2.45, 2.75) is 12.8 Å². The highest BCUT2D eigenvalue weighted by Gasteiger charge is 2.09. The van der Waals surface area contributed by atoms with Crippen LogP contribution in [-0.2, 0) is 17.6 Å². The zero-order valence-corrected chi connectivity index (χ0v) is 18.7. The Bertz CT molecular complexity index is 586. The molecule has 0 aliphatic carbocycles. The Hall–Kier alpha value is -1.10. The zero-order chi connectivity index (χ0) is 17.9. The second kappa shape index (κ2) is 13.1. The number of morpholine rings is 1. The number of halogens is 1. The second-order valence-corrected chi connectivity index (χ2v) is 7.23. The van der Waals surface area contributed by atoms with E-state index in [9.17, 15) is 0 Å². The van der Waals surface area contributed by atoms with E-state index >= 15 is 0 Å². The number of hydrogen-bond acceptors (Lipinski definition) is 5. The quantitative estimate of drug-likeness (QED) is 0.313. The SMILES string of the molecule is I.c1coc(CCNC(=NCCN2CCOCC2)NCCc2cccs2)c1. The summed E-state index contributed by atoms with van der Waals surface area (Å²) in [6, 6.07) is 8.19. The number of nitrogens with zero attached hydrogens (tertiary/aromatic N) is 2. The molecule has 1 aliphatic rings. The van der Waals surface area contributed by atoms with Crippen LogP contribution < -0.4 is 10.6 Å². The molecule has 3 rings (SSSR count). The topological polar surface area (TPSA) is 62.0 Å². The first-order chi connectivity index (χ1) is 12.9. The molecule has 8 heteroatoms. The first-order valence-corrected chi connectivity index (χ1v) is 10.2. The second-order valence-electron chi connectivity index (χ2n) is 6.20. The highest BCUT2D eigenvalue weighted by Crippen LogP contribution is 2.08. The Labute approximate surface area is 182 Å². The fraction of sp³-hybridized carbons (Fsp3) is 0.526. The maximum Gasteiger partial charge on any atom is 0.191 e. The molecule has 0 bridgehead atoms. The van der Waals surface area contributed by atoms with Gasteiger partial charge < -0.3 is 19.8 Å². The van der Waals surface area contributed by atoms with Gasteiger partial charge >= 0.3 is 0 Å². The van der Waals surface area contributed by atoms with Crippen molar-refractivity contribution in [3.8, 4) is 0 Å². The van der Waals surface area contributed by atoms with Crippen LogP contribution in [0.2, 0.25) is 0 Å². The van der Waals surface area contributed by atoms with E-state index in [1.165, 1.54) is 4.88 Å². The van der Waals surface area contributed by atoms with Gasteiger partial charge in [0.1, 0.15) is 5.76 Å². The molecule has 1 saturated heterocycles. The van der Waals surface area contributed by atoms with Crippen LogP contribution in [-0.4, -0.2) is 63.3 Å². The fourth-order valence-electron chi connectivity index (χ4n) is 2.82. The summed E-state index contributed by atoms with van der Waals surface area (Å²) in [6.45, 7) is 7.11. The molecular formula is C19H29IN4O2S. The molecule has 2 aromatic heterocycles. The molecule has 0 atom stereocenters. The van der Waals surface area contributed by atoms with Gasteiger partial charge in [-0.05, 0) is 30.0 Å². The minimum Gasteiger partial charge on any atom is -0.469 e. The number of aliphatic imine (C=N–C) groups is 1. The maximum atomic E-state index is 5.39. The van der Waals surface area contributed by atoms with Crippen LogP contribution in [0.1, 0.15) is 10.6 Å². The molecule has 0 aromatic carbocycles. The third-order valence-electron chi connectivity index (χ3n) is 4.28. The fourth-order valence-corrected chi connectivity index (χ4v) is 3.53. The number of furan rings is 1. The molecule has 2 aromatic rings. The van der Waals surface area contributed by atoms with Crippen LogP contribution in [0.3, 0.4) is 0 Å². The number of nitrogens with one attached hydrogen (secondary N) is 2. The number of thiophene rings is 1. The van der Waals surface area contributed by atoms with Crippen LogP contribution in [0.5, 0.6) is 0 Å². The average molecular weight is 504 g/mol. The van der Waals surface area contributed by atoms with E-state index in [4.69, 9.17) is 14.1 Å². The first-order valence-electron chi connectivity index (χ1n) is 9.27. The zero-order valence-electron chi connectivity index (χ0n) is 15.6. The predicted octanol–water partition coefficient (Wildman–Crippen LogP) is 2.61. The summed E-state index contributed by atoms with van der Waals surface area (Å²) in [5.41, 5.74) is 0. The molecule has 0 saturated carbocycles. The summed E-state index contributed by atoms with van der Waals surface area (Å²) in [5.74, 6) is 1.87. The van der Waals surface area contributed by atoms with E-state index in [2.05, 4.69) is 33.0 Å². The number of ether oxygens (including phenoxy) is 1. The molecule has 0 amide bonds. The van der Waals surface area contributed by atoms with Crippen molar-refractivity contribution in [1.82, 2.24) is 15.5 Å². The van der Waals surface area contributed by atoms with Crippen molar-refractivity contribution in [3.63, 3.8) is 0 Å². The Balaban J connectivity index is 0.00000261. The standard InChI is InChI=1S/C19H28N4O2S.HI/c1-3-17(25-13-1)5-7-20-19(21-8-6-18-4-2-16-26-18)22-9-10-23-11-14-24-15-12-23;/h1-4,13,16H,5-12,14-15H2,(H2,20,21,22);1H. The lowest BCUT2D eigenvalue weighted by atomic mass is 10.3. The molecule has 3 heterocycles. The van der Waals surface area contributed by atoms with Crippen molar-refractivity contribution < 1.29 is 9.15 Å². The normalized spacial score (nSPS) is 15.3. The molecule has 0 unspecified atom stereocenters. The Morgan fingerprint density at radius 3 is 2.63 bits per heavy atom. The Morgan fingerprint density at radius 2 is 1.93 bits per heavy atom. The van der Waals surface area contributed by atoms with Crippen molar-refractivity contribution in [1.29, 1.82) is 0 Å². The van der Waals surface area contributed by atoms with Crippen LogP contribution >= 0.6 is 35.3 Å². The van der Waals surface area contributed by atoms with Gasteiger partial charge in [-0.2, -0.15) is 0 Å². The summed E-state index contributed by atoms with van der Waals surface area (Å²) in [7, 11) is 0. The van der Waals surface area contributed by atoms with E-state index in [0.29, 0.717) is 0 Å². The molecule has 0 radical (unpaired) electrons. The maximum absolute atomic E-state index is 5.39. The number of guanidine groups is 1. The molecule has 6 nitrogen and oxygen atoms in total. The van der Waals surface area contributed by atoms with Gasteiger partial charge in [-0.1, -0.05) is 6.07 Å². The molecule has 1 aliphatic heterocycles. The van der Waals surface area contributed by atoms with E-state index in [-0.39, 0.29) is 24.0 Å². The average Bonchev–Trinajstić information content (AvgIpc) is 3.36. The van der Waals surface area contributed by atoms with Gasteiger partial charge in [0.05, 0.1) is 26.0 Å². The van der Waals surface area contributed by atoms with Gasteiger partial charge in [-0.25, -0.2) is 0 Å². The van der Waals surface area contributed by atoms with Gasteiger partial charge in [-0.3, -0.25) is 9.89 Å². The molecule has 1 fully saturated rings. The van der Waals surface area contributed by atoms with Gasteiger partial charge in [0.15, 0.2) is 5.96 Å². The van der Waals surface area contributed by atoms with Gasteiger partial charge in [0.2, 0.25) is 0 Å². The lowest BCUT2D eigenvalue weighted by Gasteiger charge is -2.25. The summed E-state index contributed by atoms with van der Waals surface area (Å²) >= 11 is 1.80. The van der Waals surface area contributed by atoms with Crippen molar-refractivity contribution in [2.75, 3.05) is 52.5 Å².